The van der Waals surface area contributed by atoms with Crippen molar-refractivity contribution < 1.29 is 4.39 Å². The van der Waals surface area contributed by atoms with Crippen molar-refractivity contribution in [3.05, 3.63) is 58.9 Å². The van der Waals surface area contributed by atoms with E-state index in [0.717, 1.165) is 11.1 Å². The van der Waals surface area contributed by atoms with Crippen LogP contribution in [0.4, 0.5) is 4.39 Å². The average molecular weight is 284 g/mol. The quantitative estimate of drug-likeness (QED) is 0.614. The lowest BCUT2D eigenvalue weighted by molar-refractivity contribution is 0.590. The summed E-state index contributed by atoms with van der Waals surface area (Å²) >= 11 is 0. The van der Waals surface area contributed by atoms with Gasteiger partial charge < -0.3 is 0 Å². The van der Waals surface area contributed by atoms with Crippen molar-refractivity contribution in [3.63, 3.8) is 0 Å². The van der Waals surface area contributed by atoms with Crippen LogP contribution in [0, 0.1) is 12.7 Å². The van der Waals surface area contributed by atoms with Gasteiger partial charge in [0.2, 0.25) is 0 Å². The summed E-state index contributed by atoms with van der Waals surface area (Å²) in [5.41, 5.74) is 5.93. The molecule has 0 nitrogen and oxygen atoms in total. The molecule has 112 valence electrons. The Hall–Kier alpha value is -1.63. The normalized spacial score (nSPS) is 12.0. The summed E-state index contributed by atoms with van der Waals surface area (Å²) in [5.74, 6) is 0.202. The first kappa shape index (κ1) is 15.8. The maximum absolute atomic E-state index is 13.8. The van der Waals surface area contributed by atoms with E-state index in [0.29, 0.717) is 5.92 Å². The highest BCUT2D eigenvalue weighted by atomic mass is 19.1. The minimum absolute atomic E-state index is 0.0910. The smallest absolute Gasteiger partial charge is 0.123 e. The van der Waals surface area contributed by atoms with Gasteiger partial charge in [0, 0.05) is 0 Å². The van der Waals surface area contributed by atoms with Crippen molar-refractivity contribution in [1.82, 2.24) is 0 Å². The molecule has 0 aliphatic heterocycles. The van der Waals surface area contributed by atoms with Gasteiger partial charge in [-0.05, 0) is 58.2 Å². The van der Waals surface area contributed by atoms with E-state index < -0.39 is 0 Å². The summed E-state index contributed by atoms with van der Waals surface area (Å²) in [4.78, 5) is 0. The third-order valence-electron chi connectivity index (χ3n) is 4.03. The molecule has 0 amide bonds. The van der Waals surface area contributed by atoms with Crippen LogP contribution in [0.3, 0.4) is 0 Å². The van der Waals surface area contributed by atoms with Gasteiger partial charge in [0.15, 0.2) is 0 Å². The van der Waals surface area contributed by atoms with Gasteiger partial charge >= 0.3 is 0 Å². The summed E-state index contributed by atoms with van der Waals surface area (Å²) in [6.45, 7) is 13.0. The first-order chi connectivity index (χ1) is 9.70. The van der Waals surface area contributed by atoms with Crippen LogP contribution in [0.25, 0.3) is 11.1 Å². The number of hydrogen-bond acceptors (Lipinski definition) is 0. The maximum atomic E-state index is 13.8. The van der Waals surface area contributed by atoms with Crippen molar-refractivity contribution in [1.29, 1.82) is 0 Å². The van der Waals surface area contributed by atoms with Crippen LogP contribution < -0.4 is 0 Å². The lowest BCUT2D eigenvalue weighted by atomic mass is 9.83. The summed E-state index contributed by atoms with van der Waals surface area (Å²) < 4.78 is 13.8. The van der Waals surface area contributed by atoms with Crippen LogP contribution in [-0.2, 0) is 5.41 Å². The van der Waals surface area contributed by atoms with Gasteiger partial charge in [-0.15, -0.1) is 0 Å². The SMILES string of the molecule is Cc1ccc(C(C)(C)C)cc1-c1cc(F)ccc1C(C)C. The zero-order valence-electron chi connectivity index (χ0n) is 13.9. The predicted molar refractivity (Wildman–Crippen MR) is 89.4 cm³/mol. The molecule has 2 aromatic rings. The molecule has 0 heterocycles. The third kappa shape index (κ3) is 3.34. The van der Waals surface area contributed by atoms with Gasteiger partial charge in [-0.1, -0.05) is 58.9 Å². The number of rotatable bonds is 2. The Labute approximate surface area is 128 Å². The molecule has 0 bridgehead atoms. The molecule has 0 atom stereocenters. The first-order valence-corrected chi connectivity index (χ1v) is 7.61. The molecule has 0 spiro atoms. The Balaban J connectivity index is 2.69. The number of benzene rings is 2. The fourth-order valence-electron chi connectivity index (χ4n) is 2.64. The van der Waals surface area contributed by atoms with E-state index in [2.05, 4.69) is 59.7 Å². The second-order valence-electron chi connectivity index (χ2n) is 7.17. The van der Waals surface area contributed by atoms with Crippen molar-refractivity contribution in [2.24, 2.45) is 0 Å². The molecule has 0 aliphatic rings. The van der Waals surface area contributed by atoms with E-state index in [1.165, 1.54) is 16.7 Å². The molecule has 0 N–H and O–H groups in total. The standard InChI is InChI=1S/C20H25F/c1-13(2)17-10-9-16(21)12-19(17)18-11-15(20(4,5)6)8-7-14(18)3/h7-13H,1-6H3. The molecule has 0 saturated carbocycles. The van der Waals surface area contributed by atoms with E-state index in [1.54, 1.807) is 12.1 Å². The fourth-order valence-corrected chi connectivity index (χ4v) is 2.64. The van der Waals surface area contributed by atoms with E-state index in [-0.39, 0.29) is 11.2 Å². The minimum Gasteiger partial charge on any atom is -0.207 e. The molecule has 2 aromatic carbocycles. The average Bonchev–Trinajstić information content (AvgIpc) is 2.37. The van der Waals surface area contributed by atoms with Crippen LogP contribution in [0.5, 0.6) is 0 Å². The Morgan fingerprint density at radius 2 is 1.57 bits per heavy atom. The summed E-state index contributed by atoms with van der Waals surface area (Å²) in [7, 11) is 0. The second kappa shape index (κ2) is 5.63. The number of aryl methyl sites for hydroxylation is 1. The van der Waals surface area contributed by atoms with Gasteiger partial charge in [-0.2, -0.15) is 0 Å². The molecule has 1 heteroatoms. The van der Waals surface area contributed by atoms with Gasteiger partial charge in [-0.3, -0.25) is 0 Å². The van der Waals surface area contributed by atoms with Crippen LogP contribution in [0.2, 0.25) is 0 Å². The third-order valence-corrected chi connectivity index (χ3v) is 4.03. The Morgan fingerprint density at radius 1 is 0.905 bits per heavy atom. The highest BCUT2D eigenvalue weighted by Crippen LogP contribution is 2.35. The van der Waals surface area contributed by atoms with E-state index in [4.69, 9.17) is 0 Å². The molecule has 0 saturated heterocycles. The molecule has 21 heavy (non-hydrogen) atoms. The van der Waals surface area contributed by atoms with E-state index in [1.807, 2.05) is 6.07 Å². The molecule has 0 aromatic heterocycles. The highest BCUT2D eigenvalue weighted by molar-refractivity contribution is 5.72. The van der Waals surface area contributed by atoms with Crippen molar-refractivity contribution in [3.8, 4) is 11.1 Å². The Bertz CT molecular complexity index is 645. The lowest BCUT2D eigenvalue weighted by Gasteiger charge is -2.22. The van der Waals surface area contributed by atoms with Crippen molar-refractivity contribution in [2.75, 3.05) is 0 Å². The number of hydrogen-bond donors (Lipinski definition) is 0. The largest absolute Gasteiger partial charge is 0.207 e. The van der Waals surface area contributed by atoms with Crippen LogP contribution in [0.15, 0.2) is 36.4 Å². The monoisotopic (exact) mass is 284 g/mol. The predicted octanol–water partition coefficient (Wildman–Crippen LogP) is 6.22. The molecular weight excluding hydrogens is 259 g/mol. The van der Waals surface area contributed by atoms with Crippen LogP contribution >= 0.6 is 0 Å². The molecular formula is C20H25F. The fraction of sp³-hybridized carbons (Fsp3) is 0.400. The molecule has 0 unspecified atom stereocenters. The zero-order chi connectivity index (χ0) is 15.8. The Kier molecular flexibility index (Phi) is 4.22. The second-order valence-corrected chi connectivity index (χ2v) is 7.17. The van der Waals surface area contributed by atoms with Gasteiger partial charge in [0.1, 0.15) is 5.82 Å². The minimum atomic E-state index is -0.171. The lowest BCUT2D eigenvalue weighted by Crippen LogP contribution is -2.11. The summed E-state index contributed by atoms with van der Waals surface area (Å²) in [6.07, 6.45) is 0. The molecule has 0 radical (unpaired) electrons. The highest BCUT2D eigenvalue weighted by Gasteiger charge is 2.17. The van der Waals surface area contributed by atoms with E-state index >= 15 is 0 Å². The van der Waals surface area contributed by atoms with Crippen LogP contribution in [0.1, 0.15) is 57.2 Å². The molecule has 0 fully saturated rings. The van der Waals surface area contributed by atoms with Gasteiger partial charge in [0.05, 0.1) is 0 Å². The summed E-state index contributed by atoms with van der Waals surface area (Å²) in [6, 6.07) is 11.7. The first-order valence-electron chi connectivity index (χ1n) is 7.61. The Morgan fingerprint density at radius 3 is 2.14 bits per heavy atom. The van der Waals surface area contributed by atoms with Gasteiger partial charge in [0.25, 0.3) is 0 Å². The molecule has 0 aliphatic carbocycles. The van der Waals surface area contributed by atoms with E-state index in [9.17, 15) is 4.39 Å². The zero-order valence-corrected chi connectivity index (χ0v) is 13.9. The maximum Gasteiger partial charge on any atom is 0.123 e. The van der Waals surface area contributed by atoms with Crippen molar-refractivity contribution in [2.45, 2.75) is 52.9 Å². The van der Waals surface area contributed by atoms with Crippen molar-refractivity contribution >= 4 is 0 Å². The number of halogens is 1. The summed E-state index contributed by atoms with van der Waals surface area (Å²) in [5, 5.41) is 0. The molecule has 2 rings (SSSR count). The van der Waals surface area contributed by atoms with Crippen LogP contribution in [-0.4, -0.2) is 0 Å². The van der Waals surface area contributed by atoms with Gasteiger partial charge in [-0.25, -0.2) is 4.39 Å². The topological polar surface area (TPSA) is 0 Å².